The molecule has 0 saturated carbocycles. The number of aryl methyl sites for hydroxylation is 1. The highest BCUT2D eigenvalue weighted by molar-refractivity contribution is 5.92. The van der Waals surface area contributed by atoms with Gasteiger partial charge in [0.2, 0.25) is 5.91 Å². The SMILES string of the molecule is O=C1CN(C(=O)COC(=O)c2ccc3c(c2)CCC=C3)CCN1. The third kappa shape index (κ3) is 3.59. The van der Waals surface area contributed by atoms with Gasteiger partial charge in [-0.2, -0.15) is 0 Å². The van der Waals surface area contributed by atoms with Crippen molar-refractivity contribution in [2.45, 2.75) is 12.8 Å². The second-order valence-electron chi connectivity index (χ2n) is 5.60. The Kier molecular flexibility index (Phi) is 4.41. The molecule has 1 aliphatic carbocycles. The molecule has 0 bridgehead atoms. The monoisotopic (exact) mass is 314 g/mol. The number of hydrogen-bond donors (Lipinski definition) is 1. The minimum Gasteiger partial charge on any atom is -0.452 e. The average molecular weight is 314 g/mol. The molecule has 2 amide bonds. The van der Waals surface area contributed by atoms with Crippen LogP contribution in [0, 0.1) is 0 Å². The number of ether oxygens (including phenoxy) is 1. The van der Waals surface area contributed by atoms with Gasteiger partial charge in [-0.3, -0.25) is 9.59 Å². The number of allylic oxidation sites excluding steroid dienone is 1. The zero-order valence-corrected chi connectivity index (χ0v) is 12.7. The molecule has 1 aromatic carbocycles. The Hall–Kier alpha value is -2.63. The number of hydrogen-bond acceptors (Lipinski definition) is 4. The van der Waals surface area contributed by atoms with E-state index in [0.717, 1.165) is 24.0 Å². The van der Waals surface area contributed by atoms with Crippen LogP contribution in [0.5, 0.6) is 0 Å². The standard InChI is InChI=1S/C17H18N2O4/c20-15-10-19(8-7-18-15)16(21)11-23-17(22)14-6-5-12-3-1-2-4-13(12)9-14/h1,3,5-6,9H,2,4,7-8,10-11H2,(H,18,20). The Morgan fingerprint density at radius 2 is 2.17 bits per heavy atom. The molecule has 0 atom stereocenters. The zero-order valence-electron chi connectivity index (χ0n) is 12.7. The topological polar surface area (TPSA) is 75.7 Å². The fourth-order valence-electron chi connectivity index (χ4n) is 2.71. The Bertz CT molecular complexity index is 681. The first-order chi connectivity index (χ1) is 11.1. The van der Waals surface area contributed by atoms with E-state index in [1.54, 1.807) is 6.07 Å². The van der Waals surface area contributed by atoms with E-state index in [-0.39, 0.29) is 25.0 Å². The lowest BCUT2D eigenvalue weighted by Gasteiger charge is -2.26. The maximum absolute atomic E-state index is 12.1. The smallest absolute Gasteiger partial charge is 0.338 e. The largest absolute Gasteiger partial charge is 0.452 e. The third-order valence-corrected chi connectivity index (χ3v) is 3.97. The summed E-state index contributed by atoms with van der Waals surface area (Å²) in [6.45, 7) is 0.537. The Morgan fingerprint density at radius 3 is 3.00 bits per heavy atom. The molecule has 1 heterocycles. The van der Waals surface area contributed by atoms with Crippen LogP contribution in [-0.2, 0) is 20.7 Å². The minimum absolute atomic E-state index is 0.0154. The van der Waals surface area contributed by atoms with Crippen molar-refractivity contribution in [3.63, 3.8) is 0 Å². The van der Waals surface area contributed by atoms with E-state index in [1.807, 2.05) is 18.2 Å². The Balaban J connectivity index is 1.58. The molecule has 1 saturated heterocycles. The molecular weight excluding hydrogens is 296 g/mol. The normalized spacial score (nSPS) is 16.5. The van der Waals surface area contributed by atoms with Crippen molar-refractivity contribution in [3.8, 4) is 0 Å². The average Bonchev–Trinajstić information content (AvgIpc) is 2.59. The van der Waals surface area contributed by atoms with Gasteiger partial charge in [0.15, 0.2) is 6.61 Å². The predicted molar refractivity (Wildman–Crippen MR) is 83.7 cm³/mol. The number of piperazine rings is 1. The number of nitrogens with zero attached hydrogens (tertiary/aromatic N) is 1. The molecular formula is C17H18N2O4. The van der Waals surface area contributed by atoms with Gasteiger partial charge in [0.25, 0.3) is 5.91 Å². The third-order valence-electron chi connectivity index (χ3n) is 3.97. The van der Waals surface area contributed by atoms with Crippen LogP contribution >= 0.6 is 0 Å². The maximum Gasteiger partial charge on any atom is 0.338 e. The molecule has 1 fully saturated rings. The lowest BCUT2D eigenvalue weighted by Crippen LogP contribution is -2.51. The van der Waals surface area contributed by atoms with E-state index >= 15 is 0 Å². The zero-order chi connectivity index (χ0) is 16.2. The summed E-state index contributed by atoms with van der Waals surface area (Å²) in [4.78, 5) is 36.7. The van der Waals surface area contributed by atoms with Crippen molar-refractivity contribution in [2.24, 2.45) is 0 Å². The lowest BCUT2D eigenvalue weighted by atomic mass is 9.95. The number of nitrogens with one attached hydrogen (secondary N) is 1. The second-order valence-corrected chi connectivity index (χ2v) is 5.60. The number of fused-ring (bicyclic) bond motifs is 1. The van der Waals surface area contributed by atoms with Crippen LogP contribution in [0.25, 0.3) is 6.08 Å². The fourth-order valence-corrected chi connectivity index (χ4v) is 2.71. The first-order valence-electron chi connectivity index (χ1n) is 7.64. The van der Waals surface area contributed by atoms with E-state index in [1.165, 1.54) is 4.90 Å². The molecule has 0 aromatic heterocycles. The van der Waals surface area contributed by atoms with Gasteiger partial charge >= 0.3 is 5.97 Å². The van der Waals surface area contributed by atoms with Crippen molar-refractivity contribution in [3.05, 3.63) is 41.0 Å². The lowest BCUT2D eigenvalue weighted by molar-refractivity contribution is -0.140. The summed E-state index contributed by atoms with van der Waals surface area (Å²) in [6, 6.07) is 5.41. The van der Waals surface area contributed by atoms with Crippen molar-refractivity contribution >= 4 is 23.9 Å². The number of rotatable bonds is 3. The molecule has 3 rings (SSSR count). The van der Waals surface area contributed by atoms with Gasteiger partial charge < -0.3 is 15.0 Å². The van der Waals surface area contributed by atoms with Crippen molar-refractivity contribution in [2.75, 3.05) is 26.2 Å². The van der Waals surface area contributed by atoms with Crippen LogP contribution in [0.2, 0.25) is 0 Å². The molecule has 1 N–H and O–H groups in total. The van der Waals surface area contributed by atoms with E-state index in [2.05, 4.69) is 11.4 Å². The van der Waals surface area contributed by atoms with Gasteiger partial charge in [-0.25, -0.2) is 4.79 Å². The predicted octanol–water partition coefficient (Wildman–Crippen LogP) is 0.761. The van der Waals surface area contributed by atoms with Gasteiger partial charge in [0, 0.05) is 13.1 Å². The van der Waals surface area contributed by atoms with E-state index < -0.39 is 5.97 Å². The summed E-state index contributed by atoms with van der Waals surface area (Å²) in [5.41, 5.74) is 2.67. The maximum atomic E-state index is 12.1. The van der Waals surface area contributed by atoms with Gasteiger partial charge in [0.1, 0.15) is 0 Å². The van der Waals surface area contributed by atoms with Crippen LogP contribution in [-0.4, -0.2) is 48.9 Å². The van der Waals surface area contributed by atoms with Crippen LogP contribution < -0.4 is 5.32 Å². The van der Waals surface area contributed by atoms with Gasteiger partial charge in [-0.05, 0) is 36.1 Å². The molecule has 1 aromatic rings. The summed E-state index contributed by atoms with van der Waals surface area (Å²) in [6.07, 6.45) is 6.00. The van der Waals surface area contributed by atoms with Gasteiger partial charge in [-0.15, -0.1) is 0 Å². The number of esters is 1. The Labute approximate surface area is 134 Å². The summed E-state index contributed by atoms with van der Waals surface area (Å²) < 4.78 is 5.09. The van der Waals surface area contributed by atoms with E-state index in [9.17, 15) is 14.4 Å². The van der Waals surface area contributed by atoms with Crippen LogP contribution in [0.1, 0.15) is 27.9 Å². The summed E-state index contributed by atoms with van der Waals surface area (Å²) in [7, 11) is 0. The highest BCUT2D eigenvalue weighted by atomic mass is 16.5. The summed E-state index contributed by atoms with van der Waals surface area (Å²) in [5.74, 6) is -1.06. The molecule has 6 heteroatoms. The molecule has 1 aliphatic heterocycles. The molecule has 2 aliphatic rings. The first-order valence-corrected chi connectivity index (χ1v) is 7.64. The molecule has 0 spiro atoms. The Morgan fingerprint density at radius 1 is 1.30 bits per heavy atom. The molecule has 0 radical (unpaired) electrons. The number of carbonyl (C=O) groups excluding carboxylic acids is 3. The summed E-state index contributed by atoms with van der Waals surface area (Å²) >= 11 is 0. The van der Waals surface area contributed by atoms with E-state index in [4.69, 9.17) is 4.74 Å². The number of amides is 2. The van der Waals surface area contributed by atoms with Crippen molar-refractivity contribution in [1.82, 2.24) is 10.2 Å². The van der Waals surface area contributed by atoms with Crippen molar-refractivity contribution in [1.29, 1.82) is 0 Å². The molecule has 120 valence electrons. The van der Waals surface area contributed by atoms with Crippen LogP contribution in [0.15, 0.2) is 24.3 Å². The minimum atomic E-state index is -0.517. The summed E-state index contributed by atoms with van der Waals surface area (Å²) in [5, 5.41) is 2.64. The fraction of sp³-hybridized carbons (Fsp3) is 0.353. The molecule has 6 nitrogen and oxygen atoms in total. The molecule has 0 unspecified atom stereocenters. The highest BCUT2D eigenvalue weighted by Crippen LogP contribution is 2.20. The van der Waals surface area contributed by atoms with Gasteiger partial charge in [0.05, 0.1) is 12.1 Å². The van der Waals surface area contributed by atoms with Gasteiger partial charge in [-0.1, -0.05) is 18.2 Å². The molecule has 23 heavy (non-hydrogen) atoms. The number of benzene rings is 1. The van der Waals surface area contributed by atoms with Crippen LogP contribution in [0.3, 0.4) is 0 Å². The quantitative estimate of drug-likeness (QED) is 0.836. The highest BCUT2D eigenvalue weighted by Gasteiger charge is 2.22. The van der Waals surface area contributed by atoms with Crippen LogP contribution in [0.4, 0.5) is 0 Å². The first kappa shape index (κ1) is 15.3. The van der Waals surface area contributed by atoms with E-state index in [0.29, 0.717) is 18.7 Å². The second kappa shape index (κ2) is 6.64. The van der Waals surface area contributed by atoms with Crippen molar-refractivity contribution < 1.29 is 19.1 Å². The number of carbonyl (C=O) groups is 3.